The third kappa shape index (κ3) is 7.09. The minimum absolute atomic E-state index is 0.0394. The molecule has 168 valence electrons. The fourth-order valence-electron chi connectivity index (χ4n) is 3.23. The summed E-state index contributed by atoms with van der Waals surface area (Å²) < 4.78 is 4.89. The van der Waals surface area contributed by atoms with Gasteiger partial charge in [0.1, 0.15) is 18.1 Å². The highest BCUT2D eigenvalue weighted by atomic mass is 16.5. The molecule has 1 fully saturated rings. The van der Waals surface area contributed by atoms with Crippen LogP contribution in [0.5, 0.6) is 0 Å². The normalized spacial score (nSPS) is 20.1. The Hall–Kier alpha value is -3.43. The molecule has 0 aromatic heterocycles. The maximum atomic E-state index is 12.4. The van der Waals surface area contributed by atoms with Crippen LogP contribution in [0.15, 0.2) is 30.3 Å². The Morgan fingerprint density at radius 1 is 1.10 bits per heavy atom. The Balaban J connectivity index is 1.90. The molecule has 0 radical (unpaired) electrons. The van der Waals surface area contributed by atoms with E-state index in [-0.39, 0.29) is 19.4 Å². The van der Waals surface area contributed by atoms with Gasteiger partial charge in [-0.3, -0.25) is 24.0 Å². The zero-order valence-electron chi connectivity index (χ0n) is 17.6. The molecule has 1 aromatic rings. The number of primary amides is 1. The second kappa shape index (κ2) is 11.1. The van der Waals surface area contributed by atoms with E-state index in [0.717, 1.165) is 5.56 Å². The van der Waals surface area contributed by atoms with Crippen molar-refractivity contribution in [1.29, 1.82) is 0 Å². The SMILES string of the molecule is CCOC(=O)[C@@H](C)C[C@H](NC(=O)C[C@@H]1NC(=O)[C@H](Cc2ccccc2)NC1=O)C(N)=O. The largest absolute Gasteiger partial charge is 0.466 e. The summed E-state index contributed by atoms with van der Waals surface area (Å²) in [5, 5.41) is 7.59. The van der Waals surface area contributed by atoms with Gasteiger partial charge in [-0.25, -0.2) is 0 Å². The number of carbonyl (C=O) groups excluding carboxylic acids is 5. The lowest BCUT2D eigenvalue weighted by atomic mass is 9.99. The number of ether oxygens (including phenoxy) is 1. The van der Waals surface area contributed by atoms with Gasteiger partial charge in [0, 0.05) is 6.42 Å². The molecule has 0 saturated carbocycles. The summed E-state index contributed by atoms with van der Waals surface area (Å²) in [4.78, 5) is 60.5. The van der Waals surface area contributed by atoms with Gasteiger partial charge in [-0.05, 0) is 18.9 Å². The van der Waals surface area contributed by atoms with Gasteiger partial charge >= 0.3 is 5.97 Å². The highest BCUT2D eigenvalue weighted by Gasteiger charge is 2.35. The number of piperazine rings is 1. The van der Waals surface area contributed by atoms with Crippen molar-refractivity contribution in [1.82, 2.24) is 16.0 Å². The molecule has 31 heavy (non-hydrogen) atoms. The molecule has 0 spiro atoms. The topological polar surface area (TPSA) is 157 Å². The number of carbonyl (C=O) groups is 5. The quantitative estimate of drug-likeness (QED) is 0.353. The van der Waals surface area contributed by atoms with Gasteiger partial charge in [0.2, 0.25) is 23.6 Å². The standard InChI is InChI=1S/C21H28N4O6/c1-3-31-21(30)12(2)9-14(18(22)27)23-17(26)11-16-20(29)24-15(19(28)25-16)10-13-7-5-4-6-8-13/h4-8,12,14-16H,3,9-11H2,1-2H3,(H2,22,27)(H,23,26)(H,24,29)(H,25,28)/t12-,14-,15-,16-/m0/s1. The lowest BCUT2D eigenvalue weighted by molar-refractivity contribution is -0.148. The van der Waals surface area contributed by atoms with Crippen molar-refractivity contribution in [2.75, 3.05) is 6.61 Å². The van der Waals surface area contributed by atoms with E-state index in [1.165, 1.54) is 0 Å². The van der Waals surface area contributed by atoms with E-state index >= 15 is 0 Å². The van der Waals surface area contributed by atoms with Crippen LogP contribution >= 0.6 is 0 Å². The molecule has 2 rings (SSSR count). The lowest BCUT2D eigenvalue weighted by Gasteiger charge is -2.29. The summed E-state index contributed by atoms with van der Waals surface area (Å²) in [6.07, 6.45) is -0.0810. The second-order valence-corrected chi connectivity index (χ2v) is 7.43. The molecular weight excluding hydrogens is 404 g/mol. The number of hydrogen-bond donors (Lipinski definition) is 4. The van der Waals surface area contributed by atoms with Gasteiger partial charge < -0.3 is 26.4 Å². The van der Waals surface area contributed by atoms with E-state index in [4.69, 9.17) is 10.5 Å². The van der Waals surface area contributed by atoms with E-state index in [1.807, 2.05) is 30.3 Å². The molecule has 0 unspecified atom stereocenters. The van der Waals surface area contributed by atoms with Gasteiger partial charge in [-0.15, -0.1) is 0 Å². The third-order valence-corrected chi connectivity index (χ3v) is 4.90. The number of nitrogens with two attached hydrogens (primary N) is 1. The van der Waals surface area contributed by atoms with E-state index in [0.29, 0.717) is 6.42 Å². The predicted octanol–water partition coefficient (Wildman–Crippen LogP) is -0.838. The molecule has 10 heteroatoms. The Labute approximate surface area is 180 Å². The number of rotatable bonds is 10. The van der Waals surface area contributed by atoms with Crippen molar-refractivity contribution in [2.45, 2.75) is 51.2 Å². The molecule has 5 N–H and O–H groups in total. The molecule has 1 saturated heterocycles. The molecule has 1 aromatic carbocycles. The van der Waals surface area contributed by atoms with Crippen molar-refractivity contribution in [3.63, 3.8) is 0 Å². The first-order chi connectivity index (χ1) is 14.7. The summed E-state index contributed by atoms with van der Waals surface area (Å²) in [5.74, 6) is -3.53. The first-order valence-corrected chi connectivity index (χ1v) is 10.1. The first kappa shape index (κ1) is 23.8. The molecule has 4 amide bonds. The minimum Gasteiger partial charge on any atom is -0.466 e. The zero-order chi connectivity index (χ0) is 23.0. The summed E-state index contributed by atoms with van der Waals surface area (Å²) in [6.45, 7) is 3.41. The van der Waals surface area contributed by atoms with Crippen LogP contribution in [0.2, 0.25) is 0 Å². The average Bonchev–Trinajstić information content (AvgIpc) is 2.72. The monoisotopic (exact) mass is 432 g/mol. The van der Waals surface area contributed by atoms with Gasteiger partial charge in [0.25, 0.3) is 0 Å². The van der Waals surface area contributed by atoms with Crippen LogP contribution in [0.4, 0.5) is 0 Å². The molecule has 1 aliphatic heterocycles. The smallest absolute Gasteiger partial charge is 0.308 e. The van der Waals surface area contributed by atoms with Crippen LogP contribution in [0.3, 0.4) is 0 Å². The fourth-order valence-corrected chi connectivity index (χ4v) is 3.23. The van der Waals surface area contributed by atoms with Crippen molar-refractivity contribution < 1.29 is 28.7 Å². The number of esters is 1. The minimum atomic E-state index is -1.11. The van der Waals surface area contributed by atoms with Crippen LogP contribution in [-0.4, -0.2) is 54.3 Å². The van der Waals surface area contributed by atoms with Crippen LogP contribution < -0.4 is 21.7 Å². The summed E-state index contributed by atoms with van der Waals surface area (Å²) >= 11 is 0. The maximum Gasteiger partial charge on any atom is 0.308 e. The number of nitrogens with one attached hydrogen (secondary N) is 3. The van der Waals surface area contributed by atoms with E-state index in [9.17, 15) is 24.0 Å². The maximum absolute atomic E-state index is 12.4. The van der Waals surface area contributed by atoms with Crippen LogP contribution in [0, 0.1) is 5.92 Å². The van der Waals surface area contributed by atoms with E-state index in [1.54, 1.807) is 13.8 Å². The van der Waals surface area contributed by atoms with Crippen molar-refractivity contribution in [3.8, 4) is 0 Å². The predicted molar refractivity (Wildman–Crippen MR) is 110 cm³/mol. The Morgan fingerprint density at radius 3 is 2.32 bits per heavy atom. The van der Waals surface area contributed by atoms with Crippen molar-refractivity contribution in [3.05, 3.63) is 35.9 Å². The van der Waals surface area contributed by atoms with Gasteiger partial charge in [0.15, 0.2) is 0 Å². The second-order valence-electron chi connectivity index (χ2n) is 7.43. The number of hydrogen-bond acceptors (Lipinski definition) is 6. The fraction of sp³-hybridized carbons (Fsp3) is 0.476. The van der Waals surface area contributed by atoms with Gasteiger partial charge in [-0.2, -0.15) is 0 Å². The van der Waals surface area contributed by atoms with E-state index < -0.39 is 53.6 Å². The number of benzene rings is 1. The Kier molecular flexibility index (Phi) is 8.53. The van der Waals surface area contributed by atoms with Crippen LogP contribution in [-0.2, 0) is 35.1 Å². The van der Waals surface area contributed by atoms with Crippen LogP contribution in [0.1, 0.15) is 32.3 Å². The zero-order valence-corrected chi connectivity index (χ0v) is 17.6. The van der Waals surface area contributed by atoms with Crippen molar-refractivity contribution in [2.24, 2.45) is 11.7 Å². The highest BCUT2D eigenvalue weighted by Crippen LogP contribution is 2.11. The summed E-state index contributed by atoms with van der Waals surface area (Å²) in [5.41, 5.74) is 6.21. The molecular formula is C21H28N4O6. The van der Waals surface area contributed by atoms with E-state index in [2.05, 4.69) is 16.0 Å². The lowest BCUT2D eigenvalue weighted by Crippen LogP contribution is -2.63. The molecule has 0 bridgehead atoms. The Bertz CT molecular complexity index is 828. The molecule has 0 aliphatic carbocycles. The molecule has 10 nitrogen and oxygen atoms in total. The van der Waals surface area contributed by atoms with Gasteiger partial charge in [0.05, 0.1) is 18.9 Å². The van der Waals surface area contributed by atoms with Crippen LogP contribution in [0.25, 0.3) is 0 Å². The third-order valence-electron chi connectivity index (χ3n) is 4.90. The Morgan fingerprint density at radius 2 is 1.71 bits per heavy atom. The van der Waals surface area contributed by atoms with Gasteiger partial charge in [-0.1, -0.05) is 37.3 Å². The summed E-state index contributed by atoms with van der Waals surface area (Å²) in [6, 6.07) is 6.30. The number of amides is 4. The molecule has 1 aliphatic rings. The average molecular weight is 432 g/mol. The molecule has 1 heterocycles. The van der Waals surface area contributed by atoms with Crippen molar-refractivity contribution >= 4 is 29.6 Å². The first-order valence-electron chi connectivity index (χ1n) is 10.1. The highest BCUT2D eigenvalue weighted by molar-refractivity contribution is 5.99. The summed E-state index contributed by atoms with van der Waals surface area (Å²) in [7, 11) is 0. The molecule has 4 atom stereocenters.